The molecule has 1 fully saturated rings. The van der Waals surface area contributed by atoms with E-state index in [1.807, 2.05) is 25.3 Å². The van der Waals surface area contributed by atoms with Crippen molar-refractivity contribution >= 4 is 34.4 Å². The van der Waals surface area contributed by atoms with Gasteiger partial charge in [0.05, 0.1) is 21.6 Å². The molecule has 5 nitrogen and oxygen atoms in total. The van der Waals surface area contributed by atoms with Crippen molar-refractivity contribution < 1.29 is 0 Å². The Morgan fingerprint density at radius 3 is 2.67 bits per heavy atom. The monoisotopic (exact) mass is 535 g/mol. The number of hydrogen-bond acceptors (Lipinski definition) is 4. The lowest BCUT2D eigenvalue weighted by Crippen LogP contribution is -2.27. The van der Waals surface area contributed by atoms with Gasteiger partial charge in [-0.15, -0.1) is 11.3 Å². The maximum atomic E-state index is 4.72. The van der Waals surface area contributed by atoms with Gasteiger partial charge < -0.3 is 10.3 Å². The molecular weight excluding hydrogens is 498 g/mol. The van der Waals surface area contributed by atoms with E-state index in [9.17, 15) is 0 Å². The zero-order chi connectivity index (χ0) is 27.4. The summed E-state index contributed by atoms with van der Waals surface area (Å²) in [5.41, 5.74) is 7.16. The highest BCUT2D eigenvalue weighted by molar-refractivity contribution is 7.15. The summed E-state index contributed by atoms with van der Waals surface area (Å²) in [4.78, 5) is 10.7. The summed E-state index contributed by atoms with van der Waals surface area (Å²) in [6.07, 6.45) is 15.9. The van der Waals surface area contributed by atoms with E-state index in [4.69, 9.17) is 10.1 Å². The van der Waals surface area contributed by atoms with Gasteiger partial charge in [0.15, 0.2) is 0 Å². The summed E-state index contributed by atoms with van der Waals surface area (Å²) in [5, 5.41) is 14.5. The van der Waals surface area contributed by atoms with Crippen molar-refractivity contribution in [3.63, 3.8) is 0 Å². The highest BCUT2D eigenvalue weighted by atomic mass is 32.1. The standard InChI is InChI=1S/C33H37N5S/c1-6-23(18-24-11-14-34-15-12-24)19-25(7-2)21(4)17-26-28(8-3)37-38-32(26)30-20-27-29(36-30)13-16-35-33(27)31-10-9-22(5)39-31/h6-10,13,16-17,19-20,24,34,36-37H,1,4,11-12,14-15,18H2,2-3,5H3/b23-19+,25-7+,26-17+,28-8+. The van der Waals surface area contributed by atoms with Crippen LogP contribution < -0.4 is 15.9 Å². The number of allylic oxidation sites excluding steroid dienone is 6. The Morgan fingerprint density at radius 2 is 1.97 bits per heavy atom. The normalized spacial score (nSPS) is 16.4. The van der Waals surface area contributed by atoms with Crippen LogP contribution in [0, 0.1) is 12.8 Å². The molecule has 4 aromatic rings. The molecule has 5 rings (SSSR count). The zero-order valence-electron chi connectivity index (χ0n) is 23.1. The van der Waals surface area contributed by atoms with Crippen LogP contribution in [0.1, 0.15) is 38.0 Å². The first-order valence-corrected chi connectivity index (χ1v) is 14.5. The Bertz CT molecular complexity index is 1680. The van der Waals surface area contributed by atoms with Gasteiger partial charge in [-0.25, -0.2) is 0 Å². The minimum Gasteiger partial charge on any atom is -0.353 e. The Kier molecular flexibility index (Phi) is 8.24. The van der Waals surface area contributed by atoms with Crippen LogP contribution in [0.4, 0.5) is 0 Å². The van der Waals surface area contributed by atoms with E-state index in [2.05, 4.69) is 84.9 Å². The van der Waals surface area contributed by atoms with Crippen molar-refractivity contribution in [1.82, 2.24) is 25.5 Å². The number of thiophene rings is 1. The van der Waals surface area contributed by atoms with Crippen molar-refractivity contribution in [2.45, 2.75) is 40.0 Å². The van der Waals surface area contributed by atoms with Gasteiger partial charge in [0.2, 0.25) is 0 Å². The molecule has 0 radical (unpaired) electrons. The average Bonchev–Trinajstić information content (AvgIpc) is 3.69. The SMILES string of the molecule is C=C/C(=C\C(=C/C)C(=C)/C=c1/c(-c2cc3c(-c4ccc(C)s4)nccc3[nH]2)n[nH]/c1=C/C)CC1CCNCC1. The van der Waals surface area contributed by atoms with Gasteiger partial charge in [0.1, 0.15) is 5.69 Å². The number of fused-ring (bicyclic) bond motifs is 1. The molecule has 39 heavy (non-hydrogen) atoms. The van der Waals surface area contributed by atoms with Gasteiger partial charge in [-0.3, -0.25) is 10.1 Å². The minimum absolute atomic E-state index is 0.701. The number of nitrogens with one attached hydrogen (secondary N) is 3. The zero-order valence-corrected chi connectivity index (χ0v) is 23.9. The van der Waals surface area contributed by atoms with Gasteiger partial charge >= 0.3 is 0 Å². The fraction of sp³-hybridized carbons (Fsp3) is 0.273. The second-order valence-corrected chi connectivity index (χ2v) is 11.4. The van der Waals surface area contributed by atoms with Gasteiger partial charge in [-0.1, -0.05) is 37.5 Å². The lowest BCUT2D eigenvalue weighted by molar-refractivity contribution is 0.374. The molecule has 5 heterocycles. The quantitative estimate of drug-likeness (QED) is 0.223. The van der Waals surface area contributed by atoms with Crippen molar-refractivity contribution in [2.75, 3.05) is 13.1 Å². The molecule has 1 aliphatic heterocycles. The van der Waals surface area contributed by atoms with E-state index in [1.54, 1.807) is 11.3 Å². The van der Waals surface area contributed by atoms with E-state index < -0.39 is 0 Å². The molecule has 0 saturated carbocycles. The largest absolute Gasteiger partial charge is 0.353 e. The molecule has 0 spiro atoms. The topological polar surface area (TPSA) is 69.4 Å². The van der Waals surface area contributed by atoms with Gasteiger partial charge in [-0.2, -0.15) is 5.10 Å². The molecule has 0 atom stereocenters. The van der Waals surface area contributed by atoms with Crippen LogP contribution in [0.3, 0.4) is 0 Å². The second kappa shape index (κ2) is 12.0. The van der Waals surface area contributed by atoms with E-state index in [-0.39, 0.29) is 0 Å². The number of hydrogen-bond donors (Lipinski definition) is 3. The molecule has 200 valence electrons. The number of nitrogens with zero attached hydrogens (tertiary/aromatic N) is 2. The number of pyridine rings is 1. The van der Waals surface area contributed by atoms with Crippen LogP contribution in [0.5, 0.6) is 0 Å². The average molecular weight is 536 g/mol. The third-order valence-corrected chi connectivity index (χ3v) is 8.49. The summed E-state index contributed by atoms with van der Waals surface area (Å²) < 4.78 is 0. The summed E-state index contributed by atoms with van der Waals surface area (Å²) in [6, 6.07) is 8.46. The first kappa shape index (κ1) is 26.9. The molecule has 6 heteroatoms. The fourth-order valence-electron chi connectivity index (χ4n) is 5.31. The Balaban J connectivity index is 1.52. The molecule has 0 amide bonds. The maximum absolute atomic E-state index is 4.72. The second-order valence-electron chi connectivity index (χ2n) is 10.1. The predicted molar refractivity (Wildman–Crippen MR) is 167 cm³/mol. The molecular formula is C33H37N5S. The molecule has 3 N–H and O–H groups in total. The summed E-state index contributed by atoms with van der Waals surface area (Å²) in [6.45, 7) is 17.0. The van der Waals surface area contributed by atoms with Crippen LogP contribution in [-0.4, -0.2) is 33.3 Å². The highest BCUT2D eigenvalue weighted by Crippen LogP contribution is 2.33. The smallest absolute Gasteiger partial charge is 0.116 e. The molecule has 1 aliphatic rings. The van der Waals surface area contributed by atoms with E-state index in [0.717, 1.165) is 69.2 Å². The highest BCUT2D eigenvalue weighted by Gasteiger charge is 2.16. The Hall–Kier alpha value is -3.74. The summed E-state index contributed by atoms with van der Waals surface area (Å²) >= 11 is 1.76. The van der Waals surface area contributed by atoms with Crippen molar-refractivity contribution in [2.24, 2.45) is 5.92 Å². The van der Waals surface area contributed by atoms with Crippen molar-refractivity contribution in [3.05, 3.63) is 94.0 Å². The van der Waals surface area contributed by atoms with Crippen LogP contribution in [0.15, 0.2) is 78.6 Å². The van der Waals surface area contributed by atoms with E-state index in [0.29, 0.717) is 5.92 Å². The molecule has 0 aromatic carbocycles. The third-order valence-electron chi connectivity index (χ3n) is 7.49. The molecule has 4 aromatic heterocycles. The van der Waals surface area contributed by atoms with Gasteiger partial charge in [0.25, 0.3) is 0 Å². The van der Waals surface area contributed by atoms with Crippen molar-refractivity contribution in [3.8, 4) is 22.0 Å². The summed E-state index contributed by atoms with van der Waals surface area (Å²) in [5.74, 6) is 0.701. The van der Waals surface area contributed by atoms with Crippen molar-refractivity contribution in [1.29, 1.82) is 0 Å². The van der Waals surface area contributed by atoms with Crippen LogP contribution in [-0.2, 0) is 0 Å². The molecule has 1 saturated heterocycles. The predicted octanol–water partition coefficient (Wildman–Crippen LogP) is 6.58. The molecule has 0 unspecified atom stereocenters. The van der Waals surface area contributed by atoms with E-state index >= 15 is 0 Å². The number of aromatic nitrogens is 4. The number of aryl methyl sites for hydroxylation is 1. The Labute approximate surface area is 234 Å². The summed E-state index contributed by atoms with van der Waals surface area (Å²) in [7, 11) is 0. The fourth-order valence-corrected chi connectivity index (χ4v) is 6.19. The lowest BCUT2D eigenvalue weighted by Gasteiger charge is -2.23. The number of H-pyrrole nitrogens is 2. The lowest BCUT2D eigenvalue weighted by atomic mass is 9.89. The number of aromatic amines is 2. The van der Waals surface area contributed by atoms with E-state index in [1.165, 1.54) is 28.2 Å². The maximum Gasteiger partial charge on any atom is 0.116 e. The third kappa shape index (κ3) is 5.82. The van der Waals surface area contributed by atoms with Gasteiger partial charge in [0, 0.05) is 27.2 Å². The van der Waals surface area contributed by atoms with Crippen LogP contribution in [0.2, 0.25) is 0 Å². The van der Waals surface area contributed by atoms with Crippen LogP contribution >= 0.6 is 11.3 Å². The first-order chi connectivity index (χ1) is 19.0. The number of piperidine rings is 1. The van der Waals surface area contributed by atoms with Crippen LogP contribution in [0.25, 0.3) is 45.0 Å². The number of rotatable bonds is 8. The van der Waals surface area contributed by atoms with Gasteiger partial charge in [-0.05, 0) is 106 Å². The molecule has 0 bridgehead atoms. The molecule has 0 aliphatic carbocycles. The minimum atomic E-state index is 0.701. The Morgan fingerprint density at radius 1 is 1.15 bits per heavy atom. The first-order valence-electron chi connectivity index (χ1n) is 13.7.